The lowest BCUT2D eigenvalue weighted by atomic mass is 9.90. The quantitative estimate of drug-likeness (QED) is 0.805. The highest BCUT2D eigenvalue weighted by molar-refractivity contribution is 7.90. The van der Waals surface area contributed by atoms with Gasteiger partial charge >= 0.3 is 0 Å². The van der Waals surface area contributed by atoms with Crippen molar-refractivity contribution in [1.82, 2.24) is 4.90 Å². The van der Waals surface area contributed by atoms with Crippen molar-refractivity contribution in [2.24, 2.45) is 0 Å². The summed E-state index contributed by atoms with van der Waals surface area (Å²) < 4.78 is 29.7. The molecule has 0 aromatic heterocycles. The van der Waals surface area contributed by atoms with Crippen LogP contribution in [0.15, 0.2) is 53.4 Å². The molecule has 1 fully saturated rings. The van der Waals surface area contributed by atoms with Crippen LogP contribution in [0.1, 0.15) is 36.5 Å². The summed E-state index contributed by atoms with van der Waals surface area (Å²) in [5, 5.41) is 0. The Bertz CT molecular complexity index is 888. The second kappa shape index (κ2) is 6.71. The lowest BCUT2D eigenvalue weighted by Crippen LogP contribution is -2.46. The van der Waals surface area contributed by atoms with Gasteiger partial charge in [-0.2, -0.15) is 0 Å². The highest BCUT2D eigenvalue weighted by Crippen LogP contribution is 2.40. The minimum absolute atomic E-state index is 0.0270. The first-order valence-electron chi connectivity index (χ1n) is 9.20. The average Bonchev–Trinajstić information content (AvgIpc) is 2.92. The fraction of sp³-hybridized carbons (Fsp3) is 0.429. The van der Waals surface area contributed by atoms with Gasteiger partial charge in [-0.1, -0.05) is 30.7 Å². The second-order valence-corrected chi connectivity index (χ2v) is 9.52. The highest BCUT2D eigenvalue weighted by atomic mass is 32.2. The summed E-state index contributed by atoms with van der Waals surface area (Å²) in [6, 6.07) is 16.2. The van der Waals surface area contributed by atoms with Gasteiger partial charge in [-0.05, 0) is 61.7 Å². The van der Waals surface area contributed by atoms with Crippen molar-refractivity contribution in [3.05, 3.63) is 59.7 Å². The molecule has 5 heteroatoms. The van der Waals surface area contributed by atoms with Crippen LogP contribution in [0.4, 0.5) is 0 Å². The number of sulfone groups is 1. The van der Waals surface area contributed by atoms with Crippen molar-refractivity contribution in [1.29, 1.82) is 0 Å². The van der Waals surface area contributed by atoms with E-state index >= 15 is 0 Å². The van der Waals surface area contributed by atoms with Crippen LogP contribution in [0.25, 0.3) is 0 Å². The molecular weight excluding hydrogens is 346 g/mol. The largest absolute Gasteiger partial charge is 0.484 e. The Morgan fingerprint density at radius 1 is 1.04 bits per heavy atom. The Morgan fingerprint density at radius 3 is 2.35 bits per heavy atom. The molecule has 0 amide bonds. The molecule has 2 aromatic rings. The molecule has 0 unspecified atom stereocenters. The fourth-order valence-corrected chi connectivity index (χ4v) is 4.64. The molecule has 2 aliphatic rings. The maximum absolute atomic E-state index is 11.7. The van der Waals surface area contributed by atoms with Crippen molar-refractivity contribution in [3.8, 4) is 5.75 Å². The normalized spacial score (nSPS) is 22.9. The average molecular weight is 372 g/mol. The molecule has 0 heterocycles. The van der Waals surface area contributed by atoms with Crippen molar-refractivity contribution >= 4 is 9.84 Å². The highest BCUT2D eigenvalue weighted by Gasteiger charge is 2.40. The minimum atomic E-state index is -3.19. The lowest BCUT2D eigenvalue weighted by Gasteiger charge is -2.40. The first-order chi connectivity index (χ1) is 12.4. The Morgan fingerprint density at radius 2 is 1.73 bits per heavy atom. The standard InChI is InChI=1S/C21H25NO3S/c1-22(16-7-5-8-16)20-14-15-6-3-4-9-19(15)21(20)25-17-10-12-18(13-11-17)26(2,23)24/h3-4,6,9-13,16,20-21H,5,7-8,14H2,1-2H3/t20-,21-/m1/s1. The van der Waals surface area contributed by atoms with Crippen molar-refractivity contribution in [3.63, 3.8) is 0 Å². The molecule has 26 heavy (non-hydrogen) atoms. The molecule has 0 spiro atoms. The van der Waals surface area contributed by atoms with Crippen LogP contribution in [0.5, 0.6) is 5.75 Å². The van der Waals surface area contributed by atoms with E-state index in [1.165, 1.54) is 36.6 Å². The zero-order valence-corrected chi connectivity index (χ0v) is 16.1. The van der Waals surface area contributed by atoms with Crippen molar-refractivity contribution in [2.75, 3.05) is 13.3 Å². The Labute approximate surface area is 155 Å². The minimum Gasteiger partial charge on any atom is -0.484 e. The molecule has 138 valence electrons. The molecule has 0 N–H and O–H groups in total. The van der Waals surface area contributed by atoms with Gasteiger partial charge in [0.2, 0.25) is 0 Å². The number of rotatable bonds is 5. The van der Waals surface area contributed by atoms with Gasteiger partial charge in [-0.15, -0.1) is 0 Å². The van der Waals surface area contributed by atoms with Gasteiger partial charge in [0.15, 0.2) is 9.84 Å². The van der Waals surface area contributed by atoms with Crippen molar-refractivity contribution in [2.45, 2.75) is 48.8 Å². The molecule has 0 saturated heterocycles. The third kappa shape index (κ3) is 3.26. The van der Waals surface area contributed by atoms with Gasteiger partial charge in [-0.3, -0.25) is 4.90 Å². The molecule has 0 bridgehead atoms. The SMILES string of the molecule is CN(C1CCC1)[C@@H]1Cc2ccccc2[C@H]1Oc1ccc(S(C)(=O)=O)cc1. The molecule has 2 aliphatic carbocycles. The van der Waals surface area contributed by atoms with Gasteiger partial charge in [0.25, 0.3) is 0 Å². The van der Waals surface area contributed by atoms with Crippen LogP contribution in [0, 0.1) is 0 Å². The van der Waals surface area contributed by atoms with Gasteiger partial charge in [0.05, 0.1) is 10.9 Å². The van der Waals surface area contributed by atoms with Crippen LogP contribution >= 0.6 is 0 Å². The summed E-state index contributed by atoms with van der Waals surface area (Å²) in [5.74, 6) is 0.714. The zero-order chi connectivity index (χ0) is 18.3. The predicted octanol–water partition coefficient (Wildman–Crippen LogP) is 3.62. The van der Waals surface area contributed by atoms with E-state index in [-0.39, 0.29) is 6.10 Å². The number of hydrogen-bond donors (Lipinski definition) is 0. The van der Waals surface area contributed by atoms with E-state index in [4.69, 9.17) is 4.74 Å². The van der Waals surface area contributed by atoms with Gasteiger partial charge in [-0.25, -0.2) is 8.42 Å². The van der Waals surface area contributed by atoms with E-state index in [0.717, 1.165) is 6.42 Å². The number of likely N-dealkylation sites (N-methyl/N-ethyl adjacent to an activating group) is 1. The fourth-order valence-electron chi connectivity index (χ4n) is 4.01. The molecule has 4 rings (SSSR count). The summed E-state index contributed by atoms with van der Waals surface area (Å²) in [6.45, 7) is 0. The predicted molar refractivity (Wildman–Crippen MR) is 102 cm³/mol. The number of fused-ring (bicyclic) bond motifs is 1. The second-order valence-electron chi connectivity index (χ2n) is 7.50. The third-order valence-corrected chi connectivity index (χ3v) is 6.96. The molecule has 0 aliphatic heterocycles. The number of nitrogens with zero attached hydrogens (tertiary/aromatic N) is 1. The summed E-state index contributed by atoms with van der Waals surface area (Å²) >= 11 is 0. The van der Waals surface area contributed by atoms with Gasteiger partial charge < -0.3 is 4.74 Å². The molecule has 1 saturated carbocycles. The van der Waals surface area contributed by atoms with E-state index < -0.39 is 9.84 Å². The molecule has 4 nitrogen and oxygen atoms in total. The van der Waals surface area contributed by atoms with E-state index in [2.05, 4.69) is 36.2 Å². The number of hydrogen-bond acceptors (Lipinski definition) is 4. The summed E-state index contributed by atoms with van der Waals surface area (Å²) in [5.41, 5.74) is 2.59. The topological polar surface area (TPSA) is 46.6 Å². The van der Waals surface area contributed by atoms with Gasteiger partial charge in [0, 0.05) is 12.3 Å². The first-order valence-corrected chi connectivity index (χ1v) is 11.1. The van der Waals surface area contributed by atoms with Crippen molar-refractivity contribution < 1.29 is 13.2 Å². The number of benzene rings is 2. The van der Waals surface area contributed by atoms with E-state index in [1.807, 2.05) is 0 Å². The lowest BCUT2D eigenvalue weighted by molar-refractivity contribution is 0.0406. The zero-order valence-electron chi connectivity index (χ0n) is 15.3. The van der Waals surface area contributed by atoms with Crippen LogP contribution in [0.2, 0.25) is 0 Å². The monoisotopic (exact) mass is 371 g/mol. The van der Waals surface area contributed by atoms with E-state index in [0.29, 0.717) is 22.7 Å². The smallest absolute Gasteiger partial charge is 0.175 e. The molecular formula is C21H25NO3S. The first kappa shape index (κ1) is 17.6. The number of ether oxygens (including phenoxy) is 1. The Balaban J connectivity index is 1.60. The van der Waals surface area contributed by atoms with E-state index in [9.17, 15) is 8.42 Å². The maximum atomic E-state index is 11.7. The van der Waals surface area contributed by atoms with Gasteiger partial charge in [0.1, 0.15) is 11.9 Å². The third-order valence-electron chi connectivity index (χ3n) is 5.83. The van der Waals surface area contributed by atoms with Crippen LogP contribution < -0.4 is 4.74 Å². The van der Waals surface area contributed by atoms with Crippen LogP contribution in [0.3, 0.4) is 0 Å². The molecule has 0 radical (unpaired) electrons. The van der Waals surface area contributed by atoms with Crippen LogP contribution in [-0.4, -0.2) is 38.7 Å². The molecule has 2 aromatic carbocycles. The summed E-state index contributed by atoms with van der Waals surface area (Å²) in [6.07, 6.45) is 6.03. The Hall–Kier alpha value is -1.85. The summed E-state index contributed by atoms with van der Waals surface area (Å²) in [4.78, 5) is 2.80. The Kier molecular flexibility index (Phi) is 4.53. The van der Waals surface area contributed by atoms with Crippen LogP contribution in [-0.2, 0) is 16.3 Å². The maximum Gasteiger partial charge on any atom is 0.175 e. The summed E-state index contributed by atoms with van der Waals surface area (Å²) in [7, 11) is -0.979. The van der Waals surface area contributed by atoms with E-state index in [1.54, 1.807) is 24.3 Å². The molecule has 2 atom stereocenters.